The van der Waals surface area contributed by atoms with E-state index in [2.05, 4.69) is 0 Å². The van der Waals surface area contributed by atoms with E-state index in [0.29, 0.717) is 17.7 Å². The molecule has 2 aliphatic heterocycles. The molecule has 3 aliphatic rings. The van der Waals surface area contributed by atoms with Crippen LogP contribution in [0.4, 0.5) is 10.1 Å². The normalized spacial score (nSPS) is 21.9. The Morgan fingerprint density at radius 3 is 2.42 bits per heavy atom. The lowest BCUT2D eigenvalue weighted by molar-refractivity contribution is 0.00578. The highest BCUT2D eigenvalue weighted by molar-refractivity contribution is 7.14. The molecule has 2 aromatic rings. The number of hydrogen-bond acceptors (Lipinski definition) is 4. The van der Waals surface area contributed by atoms with Crippen molar-refractivity contribution in [2.75, 3.05) is 11.4 Å². The minimum atomic E-state index is -0.663. The van der Waals surface area contributed by atoms with Gasteiger partial charge in [-0.05, 0) is 101 Å². The Kier molecular flexibility index (Phi) is 4.89. The molecule has 0 spiro atoms. The van der Waals surface area contributed by atoms with Gasteiger partial charge in [-0.15, -0.1) is 11.3 Å². The summed E-state index contributed by atoms with van der Waals surface area (Å²) in [7, 11) is -0.663. The molecule has 0 saturated carbocycles. The lowest BCUT2D eigenvalue weighted by Crippen LogP contribution is -2.41. The molecule has 0 N–H and O–H groups in total. The van der Waals surface area contributed by atoms with Gasteiger partial charge in [0, 0.05) is 17.1 Å². The Labute approximate surface area is 187 Å². The number of benzene rings is 1. The van der Waals surface area contributed by atoms with Crippen molar-refractivity contribution in [3.63, 3.8) is 0 Å². The summed E-state index contributed by atoms with van der Waals surface area (Å²) in [4.78, 5) is 17.5. The number of hydrogen-bond donors (Lipinski definition) is 0. The van der Waals surface area contributed by atoms with Crippen molar-refractivity contribution in [2.45, 2.75) is 77.9 Å². The van der Waals surface area contributed by atoms with Crippen LogP contribution in [-0.2, 0) is 28.6 Å². The van der Waals surface area contributed by atoms with Crippen molar-refractivity contribution >= 4 is 35.5 Å². The summed E-state index contributed by atoms with van der Waals surface area (Å²) in [5.41, 5.74) is 3.72. The van der Waals surface area contributed by atoms with Crippen LogP contribution in [0.25, 0.3) is 0 Å². The van der Waals surface area contributed by atoms with Crippen LogP contribution in [0.5, 0.6) is 0 Å². The Hall–Kier alpha value is -1.70. The number of carbonyl (C=O) groups is 1. The molecule has 1 aliphatic carbocycles. The third-order valence-electron chi connectivity index (χ3n) is 7.49. The van der Waals surface area contributed by atoms with Gasteiger partial charge in [-0.2, -0.15) is 0 Å². The van der Waals surface area contributed by atoms with Gasteiger partial charge >= 0.3 is 7.12 Å². The zero-order valence-corrected chi connectivity index (χ0v) is 19.7. The zero-order chi connectivity index (χ0) is 22.1. The molecule has 1 aromatic heterocycles. The highest BCUT2D eigenvalue weighted by atomic mass is 32.1. The van der Waals surface area contributed by atoms with Gasteiger partial charge in [0.15, 0.2) is 0 Å². The first-order chi connectivity index (χ1) is 14.6. The highest BCUT2D eigenvalue weighted by Gasteiger charge is 2.52. The van der Waals surface area contributed by atoms with E-state index >= 15 is 0 Å². The number of fused-ring (bicyclic) bond motifs is 3. The van der Waals surface area contributed by atoms with Gasteiger partial charge < -0.3 is 14.2 Å². The van der Waals surface area contributed by atoms with E-state index in [1.807, 2.05) is 34.6 Å². The van der Waals surface area contributed by atoms with Crippen LogP contribution >= 0.6 is 11.3 Å². The second-order valence-electron chi connectivity index (χ2n) is 9.95. The molecule has 1 aromatic carbocycles. The molecule has 164 valence electrons. The Morgan fingerprint density at radius 1 is 1.03 bits per heavy atom. The van der Waals surface area contributed by atoms with Gasteiger partial charge in [0.1, 0.15) is 5.82 Å². The Morgan fingerprint density at radius 2 is 1.71 bits per heavy atom. The molecule has 0 unspecified atom stereocenters. The summed E-state index contributed by atoms with van der Waals surface area (Å²) < 4.78 is 27.1. The standard InChI is InChI=1S/C24H29BFNO3S/c1-14-18(25-29-23(2,3)24(4,5)30-25)12-15(26)13-19(14)27-11-10-17-16-8-6-7-9-20(16)31-21(17)22(27)28/h12-13H,6-11H2,1-5H3. The first-order valence-electron chi connectivity index (χ1n) is 11.2. The number of rotatable bonds is 2. The molecule has 0 radical (unpaired) electrons. The minimum absolute atomic E-state index is 0.00535. The number of aryl methyl sites for hydroxylation is 1. The smallest absolute Gasteiger partial charge is 0.399 e. The van der Waals surface area contributed by atoms with Gasteiger partial charge in [0.2, 0.25) is 0 Å². The third kappa shape index (κ3) is 3.28. The van der Waals surface area contributed by atoms with Crippen LogP contribution in [0.1, 0.15) is 71.8 Å². The van der Waals surface area contributed by atoms with E-state index in [9.17, 15) is 9.18 Å². The Bertz CT molecular complexity index is 1060. The van der Waals surface area contributed by atoms with Crippen LogP contribution < -0.4 is 10.4 Å². The van der Waals surface area contributed by atoms with E-state index in [1.54, 1.807) is 16.2 Å². The Balaban J connectivity index is 1.52. The van der Waals surface area contributed by atoms with Crippen molar-refractivity contribution < 1.29 is 18.5 Å². The first kappa shape index (κ1) is 21.2. The summed E-state index contributed by atoms with van der Waals surface area (Å²) in [6.45, 7) is 10.4. The summed E-state index contributed by atoms with van der Waals surface area (Å²) in [5, 5.41) is 0. The van der Waals surface area contributed by atoms with Gasteiger partial charge in [0.25, 0.3) is 5.91 Å². The van der Waals surface area contributed by atoms with Crippen LogP contribution in [-0.4, -0.2) is 30.8 Å². The van der Waals surface area contributed by atoms with E-state index in [-0.39, 0.29) is 11.7 Å². The number of amides is 1. The lowest BCUT2D eigenvalue weighted by atomic mass is 9.75. The second kappa shape index (κ2) is 7.16. The number of anilines is 1. The van der Waals surface area contributed by atoms with Gasteiger partial charge in [-0.1, -0.05) is 0 Å². The van der Waals surface area contributed by atoms with Crippen LogP contribution in [0.15, 0.2) is 12.1 Å². The van der Waals surface area contributed by atoms with E-state index in [4.69, 9.17) is 9.31 Å². The maximum absolute atomic E-state index is 14.8. The molecule has 31 heavy (non-hydrogen) atoms. The number of halogens is 1. The summed E-state index contributed by atoms with van der Waals surface area (Å²) in [6.07, 6.45) is 5.39. The molecule has 5 rings (SSSR count). The van der Waals surface area contributed by atoms with Crippen LogP contribution in [0.3, 0.4) is 0 Å². The SMILES string of the molecule is Cc1c(B2OC(C)(C)C(C)(C)O2)cc(F)cc1N1CCc2c(sc3c2CCCC3)C1=O. The molecule has 7 heteroatoms. The topological polar surface area (TPSA) is 38.8 Å². The number of thiophene rings is 1. The fourth-order valence-electron chi connectivity index (χ4n) is 4.93. The first-order valence-corrected chi connectivity index (χ1v) is 12.0. The van der Waals surface area contributed by atoms with Gasteiger partial charge in [-0.3, -0.25) is 4.79 Å². The molecule has 3 heterocycles. The van der Waals surface area contributed by atoms with Crippen LogP contribution in [0, 0.1) is 12.7 Å². The van der Waals surface area contributed by atoms with Crippen molar-refractivity contribution in [3.05, 3.63) is 44.4 Å². The van der Waals surface area contributed by atoms with E-state index in [0.717, 1.165) is 29.7 Å². The van der Waals surface area contributed by atoms with Crippen molar-refractivity contribution in [2.24, 2.45) is 0 Å². The summed E-state index contributed by atoms with van der Waals surface area (Å²) in [5.74, 6) is -0.386. The molecular weight excluding hydrogens is 412 g/mol. The van der Waals surface area contributed by atoms with Crippen molar-refractivity contribution in [3.8, 4) is 0 Å². The predicted molar refractivity (Wildman–Crippen MR) is 123 cm³/mol. The largest absolute Gasteiger partial charge is 0.495 e. The fourth-order valence-corrected chi connectivity index (χ4v) is 6.31. The average Bonchev–Trinajstić information content (AvgIpc) is 3.18. The highest BCUT2D eigenvalue weighted by Crippen LogP contribution is 2.40. The fraction of sp³-hybridized carbons (Fsp3) is 0.542. The van der Waals surface area contributed by atoms with Crippen LogP contribution in [0.2, 0.25) is 0 Å². The van der Waals surface area contributed by atoms with Gasteiger partial charge in [-0.25, -0.2) is 4.39 Å². The third-order valence-corrected chi connectivity index (χ3v) is 8.81. The number of nitrogens with zero attached hydrogens (tertiary/aromatic N) is 1. The molecule has 1 fully saturated rings. The van der Waals surface area contributed by atoms with Crippen molar-refractivity contribution in [1.29, 1.82) is 0 Å². The average molecular weight is 441 g/mol. The van der Waals surface area contributed by atoms with Crippen molar-refractivity contribution in [1.82, 2.24) is 0 Å². The summed E-state index contributed by atoms with van der Waals surface area (Å²) >= 11 is 1.65. The zero-order valence-electron chi connectivity index (χ0n) is 18.9. The van der Waals surface area contributed by atoms with Gasteiger partial charge in [0.05, 0.1) is 16.1 Å². The van der Waals surface area contributed by atoms with E-state index < -0.39 is 18.3 Å². The molecule has 0 bridgehead atoms. The maximum atomic E-state index is 14.8. The predicted octanol–water partition coefficient (Wildman–Crippen LogP) is 4.58. The molecular formula is C24H29BFNO3S. The minimum Gasteiger partial charge on any atom is -0.399 e. The lowest BCUT2D eigenvalue weighted by Gasteiger charge is -2.32. The monoisotopic (exact) mass is 441 g/mol. The molecule has 1 amide bonds. The summed E-state index contributed by atoms with van der Waals surface area (Å²) in [6, 6.07) is 2.95. The number of carbonyl (C=O) groups excluding carboxylic acids is 1. The quantitative estimate of drug-likeness (QED) is 0.641. The molecule has 4 nitrogen and oxygen atoms in total. The van der Waals surface area contributed by atoms with E-state index in [1.165, 1.54) is 41.0 Å². The maximum Gasteiger partial charge on any atom is 0.495 e. The molecule has 1 saturated heterocycles. The molecule has 0 atom stereocenters. The second-order valence-corrected chi connectivity index (χ2v) is 11.1.